The van der Waals surface area contributed by atoms with Gasteiger partial charge in [0.2, 0.25) is 0 Å². The molecule has 4 heteroatoms. The van der Waals surface area contributed by atoms with Crippen LogP contribution in [0, 0.1) is 0 Å². The molecule has 0 amide bonds. The molecule has 0 spiro atoms. The molecule has 0 unspecified atom stereocenters. The van der Waals surface area contributed by atoms with Gasteiger partial charge in [0.1, 0.15) is 0 Å². The van der Waals surface area contributed by atoms with Gasteiger partial charge in [0.05, 0.1) is 5.03 Å². The monoisotopic (exact) mass is 216 g/mol. The van der Waals surface area contributed by atoms with Gasteiger partial charge < -0.3 is 0 Å². The number of rotatable bonds is 2. The maximum absolute atomic E-state index is 11.5. The number of hydrogen-bond acceptors (Lipinski definition) is 0. The van der Waals surface area contributed by atoms with E-state index in [1.54, 1.807) is 0 Å². The normalized spacial score (nSPS) is 8.89. The van der Waals surface area contributed by atoms with Gasteiger partial charge in [0.25, 0.3) is 6.08 Å². The van der Waals surface area contributed by atoms with E-state index in [0.717, 1.165) is 0 Å². The molecule has 0 aromatic carbocycles. The van der Waals surface area contributed by atoms with Crippen molar-refractivity contribution in [3.63, 3.8) is 0 Å². The summed E-state index contributed by atoms with van der Waals surface area (Å²) in [6.45, 7) is 3.34. The third-order valence-corrected chi connectivity index (χ3v) is 1.11. The molecule has 0 aromatic heterocycles. The Hall–Kier alpha value is 0.110. The SMILES string of the molecule is C=C(Br)CC(Cl)=C(F)F. The van der Waals surface area contributed by atoms with E-state index in [1.165, 1.54) is 0 Å². The van der Waals surface area contributed by atoms with E-state index in [2.05, 4.69) is 22.5 Å². The van der Waals surface area contributed by atoms with Crippen LogP contribution in [-0.4, -0.2) is 0 Å². The molecule has 0 aliphatic rings. The van der Waals surface area contributed by atoms with E-state index >= 15 is 0 Å². The molecule has 0 N–H and O–H groups in total. The van der Waals surface area contributed by atoms with Gasteiger partial charge in [-0.25, -0.2) is 0 Å². The van der Waals surface area contributed by atoms with E-state index in [1.807, 2.05) is 0 Å². The van der Waals surface area contributed by atoms with Crippen LogP contribution in [0.1, 0.15) is 6.42 Å². The van der Waals surface area contributed by atoms with Crippen molar-refractivity contribution in [3.05, 3.63) is 22.2 Å². The van der Waals surface area contributed by atoms with Crippen LogP contribution in [0.5, 0.6) is 0 Å². The fourth-order valence-electron chi connectivity index (χ4n) is 0.235. The maximum Gasteiger partial charge on any atom is 0.285 e. The first-order valence-corrected chi connectivity index (χ1v) is 3.24. The largest absolute Gasteiger partial charge is 0.285 e. The highest BCUT2D eigenvalue weighted by Gasteiger charge is 2.01. The van der Waals surface area contributed by atoms with E-state index in [9.17, 15) is 8.78 Å². The van der Waals surface area contributed by atoms with Gasteiger partial charge in [0.15, 0.2) is 0 Å². The Morgan fingerprint density at radius 3 is 2.11 bits per heavy atom. The van der Waals surface area contributed by atoms with Crippen LogP contribution in [0.3, 0.4) is 0 Å². The summed E-state index contributed by atoms with van der Waals surface area (Å²) in [7, 11) is 0. The summed E-state index contributed by atoms with van der Waals surface area (Å²) in [6, 6.07) is 0. The molecule has 0 rings (SSSR count). The second-order valence-electron chi connectivity index (χ2n) is 1.36. The van der Waals surface area contributed by atoms with Crippen molar-refractivity contribution in [1.29, 1.82) is 0 Å². The highest BCUT2D eigenvalue weighted by molar-refractivity contribution is 9.11. The van der Waals surface area contributed by atoms with Crippen LogP contribution in [0.25, 0.3) is 0 Å². The molecule has 0 saturated carbocycles. The van der Waals surface area contributed by atoms with Gasteiger partial charge in [0, 0.05) is 6.42 Å². The van der Waals surface area contributed by atoms with Crippen molar-refractivity contribution in [2.45, 2.75) is 6.42 Å². The van der Waals surface area contributed by atoms with E-state index in [0.29, 0.717) is 4.48 Å². The number of hydrogen-bond donors (Lipinski definition) is 0. The minimum Gasteiger partial charge on any atom is -0.172 e. The first-order chi connectivity index (χ1) is 4.04. The van der Waals surface area contributed by atoms with E-state index in [4.69, 9.17) is 11.6 Å². The van der Waals surface area contributed by atoms with E-state index in [-0.39, 0.29) is 6.42 Å². The molecule has 52 valence electrons. The average Bonchev–Trinajstić information content (AvgIpc) is 1.63. The molecule has 0 aromatic rings. The van der Waals surface area contributed by atoms with Crippen LogP contribution in [0.4, 0.5) is 8.78 Å². The molecule has 0 fully saturated rings. The van der Waals surface area contributed by atoms with Crippen molar-refractivity contribution in [1.82, 2.24) is 0 Å². The van der Waals surface area contributed by atoms with Gasteiger partial charge in [-0.05, 0) is 4.48 Å². The lowest BCUT2D eigenvalue weighted by molar-refractivity contribution is 0.416. The number of halogens is 4. The summed E-state index contributed by atoms with van der Waals surface area (Å²) < 4.78 is 23.4. The second kappa shape index (κ2) is 4.01. The first-order valence-electron chi connectivity index (χ1n) is 2.07. The zero-order valence-electron chi connectivity index (χ0n) is 4.43. The third-order valence-electron chi connectivity index (χ3n) is 0.552. The molecule has 0 atom stereocenters. The van der Waals surface area contributed by atoms with Crippen molar-refractivity contribution in [3.8, 4) is 0 Å². The van der Waals surface area contributed by atoms with Crippen LogP contribution in [-0.2, 0) is 0 Å². The number of allylic oxidation sites excluding steroid dienone is 2. The lowest BCUT2D eigenvalue weighted by Gasteiger charge is -1.91. The van der Waals surface area contributed by atoms with Crippen LogP contribution in [0.2, 0.25) is 0 Å². The average molecular weight is 217 g/mol. The van der Waals surface area contributed by atoms with Gasteiger partial charge in [-0.3, -0.25) is 0 Å². The zero-order valence-corrected chi connectivity index (χ0v) is 6.77. The zero-order chi connectivity index (χ0) is 7.44. The Balaban J connectivity index is 3.92. The summed E-state index contributed by atoms with van der Waals surface area (Å²) in [5.41, 5.74) is 0. The molecule has 9 heavy (non-hydrogen) atoms. The Morgan fingerprint density at radius 1 is 1.56 bits per heavy atom. The lowest BCUT2D eigenvalue weighted by Crippen LogP contribution is -1.73. The van der Waals surface area contributed by atoms with Crippen LogP contribution < -0.4 is 0 Å². The first kappa shape index (κ1) is 9.11. The molecule has 0 heterocycles. The Labute approximate surface area is 65.3 Å². The Morgan fingerprint density at radius 2 is 2.00 bits per heavy atom. The van der Waals surface area contributed by atoms with Crippen LogP contribution in [0.15, 0.2) is 22.2 Å². The predicted octanol–water partition coefficient (Wildman–Crippen LogP) is 3.63. The maximum atomic E-state index is 11.5. The molecule has 0 aliphatic carbocycles. The third kappa shape index (κ3) is 4.60. The topological polar surface area (TPSA) is 0 Å². The quantitative estimate of drug-likeness (QED) is 0.662. The summed E-state index contributed by atoms with van der Waals surface area (Å²) in [6.07, 6.45) is -1.86. The highest BCUT2D eigenvalue weighted by atomic mass is 79.9. The van der Waals surface area contributed by atoms with Gasteiger partial charge in [-0.1, -0.05) is 34.1 Å². The summed E-state index contributed by atoms with van der Waals surface area (Å²) in [4.78, 5) is 0. The van der Waals surface area contributed by atoms with Gasteiger partial charge in [-0.2, -0.15) is 8.78 Å². The van der Waals surface area contributed by atoms with Crippen molar-refractivity contribution >= 4 is 27.5 Å². The second-order valence-corrected chi connectivity index (χ2v) is 2.94. The van der Waals surface area contributed by atoms with E-state index < -0.39 is 11.1 Å². The van der Waals surface area contributed by atoms with Crippen molar-refractivity contribution in [2.75, 3.05) is 0 Å². The standard InChI is InChI=1S/C5H4BrClF2/c1-3(6)2-4(7)5(8)9/h1-2H2. The molecular weight excluding hydrogens is 213 g/mol. The highest BCUT2D eigenvalue weighted by Crippen LogP contribution is 2.22. The Kier molecular flexibility index (Phi) is 4.06. The molecule has 0 aliphatic heterocycles. The van der Waals surface area contributed by atoms with Crippen molar-refractivity contribution < 1.29 is 8.78 Å². The molecule has 0 bridgehead atoms. The van der Waals surface area contributed by atoms with Gasteiger partial charge in [-0.15, -0.1) is 0 Å². The summed E-state index contributed by atoms with van der Waals surface area (Å²) in [5, 5.41) is -0.461. The molecule has 0 radical (unpaired) electrons. The summed E-state index contributed by atoms with van der Waals surface area (Å²) in [5.74, 6) is 0. The molecular formula is C5H4BrClF2. The minimum atomic E-state index is -1.85. The van der Waals surface area contributed by atoms with Crippen molar-refractivity contribution in [2.24, 2.45) is 0 Å². The molecule has 0 nitrogen and oxygen atoms in total. The minimum absolute atomic E-state index is 0.0100. The fourth-order valence-corrected chi connectivity index (χ4v) is 0.838. The lowest BCUT2D eigenvalue weighted by atomic mass is 10.4. The smallest absolute Gasteiger partial charge is 0.172 e. The van der Waals surface area contributed by atoms with Gasteiger partial charge >= 0.3 is 0 Å². The molecule has 0 saturated heterocycles. The van der Waals surface area contributed by atoms with Crippen LogP contribution >= 0.6 is 27.5 Å². The predicted molar refractivity (Wildman–Crippen MR) is 37.8 cm³/mol. The fraction of sp³-hybridized carbons (Fsp3) is 0.200. The summed E-state index contributed by atoms with van der Waals surface area (Å²) >= 11 is 7.95. The Bertz CT molecular complexity index is 149.